The molecule has 1 rings (SSSR count). The second-order valence-corrected chi connectivity index (χ2v) is 5.17. The summed E-state index contributed by atoms with van der Waals surface area (Å²) in [5.41, 5.74) is -1.87. The molecule has 0 saturated heterocycles. The highest BCUT2D eigenvalue weighted by molar-refractivity contribution is 5.98. The predicted octanol–water partition coefficient (Wildman–Crippen LogP) is 2.05. The van der Waals surface area contributed by atoms with Gasteiger partial charge in [-0.3, -0.25) is 9.59 Å². The molecule has 0 aliphatic heterocycles. The van der Waals surface area contributed by atoms with Crippen LogP contribution < -0.4 is 10.6 Å². The lowest BCUT2D eigenvalue weighted by atomic mass is 10.1. The third-order valence-corrected chi connectivity index (χ3v) is 2.97. The fraction of sp³-hybridized carbons (Fsp3) is 0.312. The minimum Gasteiger partial charge on any atom is -0.480 e. The molecule has 2 amide bonds. The van der Waals surface area contributed by atoms with Crippen molar-refractivity contribution in [3.8, 4) is 0 Å². The molecular formula is C16H17F3N2O5. The van der Waals surface area contributed by atoms with Crippen molar-refractivity contribution in [2.45, 2.75) is 19.1 Å². The Balaban J connectivity index is 3.10. The van der Waals surface area contributed by atoms with Crippen molar-refractivity contribution in [3.63, 3.8) is 0 Å². The quantitative estimate of drug-likeness (QED) is 0.477. The molecule has 0 aliphatic carbocycles. The third-order valence-electron chi connectivity index (χ3n) is 2.97. The van der Waals surface area contributed by atoms with Gasteiger partial charge in [0.1, 0.15) is 0 Å². The zero-order valence-corrected chi connectivity index (χ0v) is 13.7. The molecule has 26 heavy (non-hydrogen) atoms. The van der Waals surface area contributed by atoms with Gasteiger partial charge in [0.15, 0.2) is 6.04 Å². The maximum atomic E-state index is 13.0. The van der Waals surface area contributed by atoms with Crippen molar-refractivity contribution in [1.29, 1.82) is 0 Å². The van der Waals surface area contributed by atoms with Crippen molar-refractivity contribution >= 4 is 23.5 Å². The van der Waals surface area contributed by atoms with Crippen LogP contribution in [0.15, 0.2) is 30.9 Å². The lowest BCUT2D eigenvalue weighted by molar-refractivity contribution is -0.141. The van der Waals surface area contributed by atoms with E-state index >= 15 is 0 Å². The third kappa shape index (κ3) is 6.55. The van der Waals surface area contributed by atoms with E-state index in [2.05, 4.69) is 17.2 Å². The molecule has 0 fully saturated rings. The van der Waals surface area contributed by atoms with Crippen molar-refractivity contribution in [2.24, 2.45) is 0 Å². The van der Waals surface area contributed by atoms with Crippen molar-refractivity contribution in [1.82, 2.24) is 5.32 Å². The Hall–Kier alpha value is -2.88. The van der Waals surface area contributed by atoms with Gasteiger partial charge in [-0.05, 0) is 18.2 Å². The van der Waals surface area contributed by atoms with Gasteiger partial charge in [-0.2, -0.15) is 13.2 Å². The number of benzene rings is 1. The van der Waals surface area contributed by atoms with Gasteiger partial charge in [-0.25, -0.2) is 4.79 Å². The number of alkyl halides is 3. The summed E-state index contributed by atoms with van der Waals surface area (Å²) in [7, 11) is 0. The topological polar surface area (TPSA) is 105 Å². The number of carbonyl (C=O) groups excluding carboxylic acids is 2. The summed E-state index contributed by atoms with van der Waals surface area (Å²) in [6.07, 6.45) is -3.39. The van der Waals surface area contributed by atoms with Crippen LogP contribution in [0.25, 0.3) is 0 Å². The Kier molecular flexibility index (Phi) is 7.32. The SMILES string of the molecule is C=CCOCC(NC(=O)c1cc(NC(C)=O)cc(C(F)(F)F)c1)C(=O)O. The normalized spacial score (nSPS) is 12.2. The molecule has 0 aliphatic rings. The number of carboxylic acid groups (broad SMARTS) is 1. The fourth-order valence-electron chi connectivity index (χ4n) is 1.88. The number of nitrogens with one attached hydrogen (secondary N) is 2. The van der Waals surface area contributed by atoms with Crippen LogP contribution in [0.5, 0.6) is 0 Å². The van der Waals surface area contributed by atoms with E-state index in [-0.39, 0.29) is 12.3 Å². The van der Waals surface area contributed by atoms with Crippen LogP contribution in [0.4, 0.5) is 18.9 Å². The van der Waals surface area contributed by atoms with Crippen molar-refractivity contribution in [3.05, 3.63) is 42.0 Å². The largest absolute Gasteiger partial charge is 0.480 e. The van der Waals surface area contributed by atoms with Crippen molar-refractivity contribution < 1.29 is 37.4 Å². The van der Waals surface area contributed by atoms with Gasteiger partial charge in [0.25, 0.3) is 5.91 Å². The van der Waals surface area contributed by atoms with Gasteiger partial charge in [0.05, 0.1) is 18.8 Å². The van der Waals surface area contributed by atoms with E-state index in [1.54, 1.807) is 0 Å². The number of amides is 2. The van der Waals surface area contributed by atoms with E-state index in [0.717, 1.165) is 13.0 Å². The minimum atomic E-state index is -4.76. The lowest BCUT2D eigenvalue weighted by Crippen LogP contribution is -2.44. The number of ether oxygens (including phenoxy) is 1. The lowest BCUT2D eigenvalue weighted by Gasteiger charge is -2.16. The molecule has 1 aromatic rings. The van der Waals surface area contributed by atoms with Crippen LogP contribution in [0, 0.1) is 0 Å². The number of hydrogen-bond donors (Lipinski definition) is 3. The predicted molar refractivity (Wildman–Crippen MR) is 85.7 cm³/mol. The zero-order chi connectivity index (χ0) is 19.9. The van der Waals surface area contributed by atoms with Crippen LogP contribution in [0.1, 0.15) is 22.8 Å². The highest BCUT2D eigenvalue weighted by atomic mass is 19.4. The van der Waals surface area contributed by atoms with Gasteiger partial charge in [-0.1, -0.05) is 6.08 Å². The summed E-state index contributed by atoms with van der Waals surface area (Å²) in [6, 6.07) is 0.765. The van der Waals surface area contributed by atoms with E-state index in [1.807, 2.05) is 0 Å². The Morgan fingerprint density at radius 2 is 1.96 bits per heavy atom. The molecular weight excluding hydrogens is 357 g/mol. The molecule has 10 heteroatoms. The summed E-state index contributed by atoms with van der Waals surface area (Å²) >= 11 is 0. The molecule has 1 atom stereocenters. The highest BCUT2D eigenvalue weighted by Gasteiger charge is 2.32. The standard InChI is InChI=1S/C16H17F3N2O5/c1-3-4-26-8-13(15(24)25)21-14(23)10-5-11(16(17,18)19)7-12(6-10)20-9(2)22/h3,5-7,13H,1,4,8H2,2H3,(H,20,22)(H,21,23)(H,24,25). The van der Waals surface area contributed by atoms with E-state index in [1.165, 1.54) is 6.08 Å². The van der Waals surface area contributed by atoms with E-state index < -0.39 is 47.7 Å². The summed E-state index contributed by atoms with van der Waals surface area (Å²) in [6.45, 7) is 4.11. The number of hydrogen-bond acceptors (Lipinski definition) is 4. The number of carboxylic acids is 1. The molecule has 0 radical (unpaired) electrons. The molecule has 1 aromatic carbocycles. The van der Waals surface area contributed by atoms with Gasteiger partial charge < -0.3 is 20.5 Å². The Morgan fingerprint density at radius 3 is 2.46 bits per heavy atom. The monoisotopic (exact) mass is 374 g/mol. The molecule has 0 bridgehead atoms. The second-order valence-electron chi connectivity index (χ2n) is 5.17. The summed E-state index contributed by atoms with van der Waals surface area (Å²) in [5.74, 6) is -3.11. The van der Waals surface area contributed by atoms with Crippen LogP contribution in [0.2, 0.25) is 0 Å². The molecule has 142 valence electrons. The smallest absolute Gasteiger partial charge is 0.416 e. The molecule has 0 aromatic heterocycles. The maximum Gasteiger partial charge on any atom is 0.416 e. The first kappa shape index (κ1) is 21.2. The number of anilines is 1. The van der Waals surface area contributed by atoms with Gasteiger partial charge in [0, 0.05) is 18.2 Å². The van der Waals surface area contributed by atoms with Crippen molar-refractivity contribution in [2.75, 3.05) is 18.5 Å². The number of halogens is 3. The zero-order valence-electron chi connectivity index (χ0n) is 13.7. The molecule has 3 N–H and O–H groups in total. The molecule has 0 heterocycles. The van der Waals surface area contributed by atoms with Crippen LogP contribution in [-0.4, -0.2) is 42.1 Å². The maximum absolute atomic E-state index is 13.0. The Bertz CT molecular complexity index is 704. The second kappa shape index (κ2) is 8.99. The molecule has 0 spiro atoms. The molecule has 0 saturated carbocycles. The average molecular weight is 374 g/mol. The molecule has 7 nitrogen and oxygen atoms in total. The Labute approximate surface area is 146 Å². The average Bonchev–Trinajstić information content (AvgIpc) is 2.52. The number of aliphatic carboxylic acids is 1. The van der Waals surface area contributed by atoms with Gasteiger partial charge >= 0.3 is 12.1 Å². The van der Waals surface area contributed by atoms with Crippen LogP contribution in [-0.2, 0) is 20.5 Å². The number of carbonyl (C=O) groups is 3. The first-order valence-corrected chi connectivity index (χ1v) is 7.26. The summed E-state index contributed by atoms with van der Waals surface area (Å²) in [5, 5.41) is 13.3. The minimum absolute atomic E-state index is 0.0376. The van der Waals surface area contributed by atoms with Crippen LogP contribution >= 0.6 is 0 Å². The van der Waals surface area contributed by atoms with E-state index in [0.29, 0.717) is 12.1 Å². The fourth-order valence-corrected chi connectivity index (χ4v) is 1.88. The van der Waals surface area contributed by atoms with Gasteiger partial charge in [0.2, 0.25) is 5.91 Å². The van der Waals surface area contributed by atoms with Gasteiger partial charge in [-0.15, -0.1) is 6.58 Å². The summed E-state index contributed by atoms with van der Waals surface area (Å²) in [4.78, 5) is 34.4. The van der Waals surface area contributed by atoms with Crippen LogP contribution in [0.3, 0.4) is 0 Å². The number of rotatable bonds is 8. The van der Waals surface area contributed by atoms with E-state index in [4.69, 9.17) is 9.84 Å². The highest BCUT2D eigenvalue weighted by Crippen LogP contribution is 2.32. The first-order chi connectivity index (χ1) is 12.0. The first-order valence-electron chi connectivity index (χ1n) is 7.26. The summed E-state index contributed by atoms with van der Waals surface area (Å²) < 4.78 is 43.9. The van der Waals surface area contributed by atoms with E-state index in [9.17, 15) is 27.6 Å². The Morgan fingerprint density at radius 1 is 1.31 bits per heavy atom. The molecule has 1 unspecified atom stereocenters.